The quantitative estimate of drug-likeness (QED) is 0.359. The van der Waals surface area contributed by atoms with E-state index in [9.17, 15) is 4.57 Å². The molecular formula is C10H21Cl2O5P. The molecule has 0 aliphatic heterocycles. The van der Waals surface area contributed by atoms with Crippen molar-refractivity contribution < 1.29 is 23.5 Å². The van der Waals surface area contributed by atoms with Gasteiger partial charge in [0.2, 0.25) is 0 Å². The van der Waals surface area contributed by atoms with Gasteiger partial charge in [-0.25, -0.2) is 0 Å². The molecule has 5 nitrogen and oxygen atoms in total. The van der Waals surface area contributed by atoms with Crippen molar-refractivity contribution in [3.63, 3.8) is 0 Å². The Morgan fingerprint density at radius 1 is 1.11 bits per heavy atom. The van der Waals surface area contributed by atoms with E-state index in [2.05, 4.69) is 0 Å². The molecule has 1 N–H and O–H groups in total. The van der Waals surface area contributed by atoms with Crippen molar-refractivity contribution in [2.45, 2.75) is 24.6 Å². The van der Waals surface area contributed by atoms with Gasteiger partial charge in [-0.05, 0) is 13.8 Å². The first-order valence-corrected chi connectivity index (χ1v) is 8.34. The molecule has 3 unspecified atom stereocenters. The fraction of sp³-hybridized carbons (Fsp3) is 1.00. The molecule has 0 fully saturated rings. The lowest BCUT2D eigenvalue weighted by Crippen LogP contribution is -2.13. The van der Waals surface area contributed by atoms with Crippen LogP contribution >= 0.6 is 30.8 Å². The van der Waals surface area contributed by atoms with Gasteiger partial charge in [0.05, 0.1) is 44.6 Å². The van der Waals surface area contributed by atoms with Crippen molar-refractivity contribution in [1.29, 1.82) is 0 Å². The SMILES string of the molecule is CC(Cl)COP(=O)(CC(C)Cl)OCCOCCO. The van der Waals surface area contributed by atoms with E-state index in [0.717, 1.165) is 0 Å². The van der Waals surface area contributed by atoms with Crippen LogP contribution in [0.1, 0.15) is 13.8 Å². The zero-order chi connectivity index (χ0) is 14.0. The van der Waals surface area contributed by atoms with E-state index in [1.807, 2.05) is 0 Å². The lowest BCUT2D eigenvalue weighted by Gasteiger charge is -2.20. The first-order chi connectivity index (χ1) is 8.39. The van der Waals surface area contributed by atoms with Crippen molar-refractivity contribution in [2.75, 3.05) is 39.2 Å². The molecule has 0 saturated heterocycles. The van der Waals surface area contributed by atoms with E-state index in [1.165, 1.54) is 0 Å². The van der Waals surface area contributed by atoms with Gasteiger partial charge in [-0.1, -0.05) is 0 Å². The van der Waals surface area contributed by atoms with Crippen molar-refractivity contribution in [2.24, 2.45) is 0 Å². The molecule has 0 heterocycles. The summed E-state index contributed by atoms with van der Waals surface area (Å²) in [6.07, 6.45) is 0.123. The average Bonchev–Trinajstić information content (AvgIpc) is 2.25. The highest BCUT2D eigenvalue weighted by molar-refractivity contribution is 7.54. The maximum Gasteiger partial charge on any atom is 0.332 e. The van der Waals surface area contributed by atoms with Gasteiger partial charge in [0.15, 0.2) is 0 Å². The van der Waals surface area contributed by atoms with Gasteiger partial charge in [0, 0.05) is 5.38 Å². The average molecular weight is 323 g/mol. The highest BCUT2D eigenvalue weighted by Gasteiger charge is 2.27. The summed E-state index contributed by atoms with van der Waals surface area (Å²) in [6.45, 7) is 4.11. The lowest BCUT2D eigenvalue weighted by molar-refractivity contribution is 0.0652. The maximum absolute atomic E-state index is 12.3. The van der Waals surface area contributed by atoms with Gasteiger partial charge in [0.1, 0.15) is 0 Å². The minimum absolute atomic E-state index is 0.0589. The minimum atomic E-state index is -3.24. The van der Waals surface area contributed by atoms with E-state index < -0.39 is 7.60 Å². The highest BCUT2D eigenvalue weighted by Crippen LogP contribution is 2.49. The third kappa shape index (κ3) is 10.6. The first kappa shape index (κ1) is 18.7. The number of ether oxygens (including phenoxy) is 1. The van der Waals surface area contributed by atoms with Crippen LogP contribution in [0.5, 0.6) is 0 Å². The molecule has 0 aromatic rings. The van der Waals surface area contributed by atoms with E-state index >= 15 is 0 Å². The van der Waals surface area contributed by atoms with Crippen LogP contribution in [0.25, 0.3) is 0 Å². The molecule has 0 spiro atoms. The summed E-state index contributed by atoms with van der Waals surface area (Å²) in [4.78, 5) is 0. The van der Waals surface area contributed by atoms with Gasteiger partial charge < -0.3 is 18.9 Å². The summed E-state index contributed by atoms with van der Waals surface area (Å²) in [5, 5.41) is 7.94. The smallest absolute Gasteiger partial charge is 0.332 e. The Bertz CT molecular complexity index is 250. The first-order valence-electron chi connectivity index (χ1n) is 5.74. The van der Waals surface area contributed by atoms with Gasteiger partial charge in [-0.3, -0.25) is 4.57 Å². The van der Waals surface area contributed by atoms with Crippen LogP contribution in [0, 0.1) is 0 Å². The third-order valence-electron chi connectivity index (χ3n) is 1.73. The highest BCUT2D eigenvalue weighted by atomic mass is 35.5. The fourth-order valence-corrected chi connectivity index (χ4v) is 3.43. The molecule has 0 aromatic heterocycles. The minimum Gasteiger partial charge on any atom is -0.394 e. The van der Waals surface area contributed by atoms with E-state index in [-0.39, 0.29) is 50.0 Å². The summed E-state index contributed by atoms with van der Waals surface area (Å²) in [6, 6.07) is 0. The molecule has 3 atom stereocenters. The second kappa shape index (κ2) is 10.4. The monoisotopic (exact) mass is 322 g/mol. The molecule has 0 radical (unpaired) electrons. The summed E-state index contributed by atoms with van der Waals surface area (Å²) >= 11 is 11.5. The van der Waals surface area contributed by atoms with Crippen LogP contribution in [0.15, 0.2) is 0 Å². The number of rotatable bonds is 11. The van der Waals surface area contributed by atoms with Gasteiger partial charge in [-0.15, -0.1) is 23.2 Å². The second-order valence-corrected chi connectivity index (χ2v) is 7.41. The topological polar surface area (TPSA) is 65.0 Å². The van der Waals surface area contributed by atoms with Crippen molar-refractivity contribution in [3.05, 3.63) is 0 Å². The number of halogens is 2. The van der Waals surface area contributed by atoms with Crippen LogP contribution in [-0.2, 0) is 18.3 Å². The molecular weight excluding hydrogens is 302 g/mol. The molecule has 110 valence electrons. The fourth-order valence-electron chi connectivity index (χ4n) is 1.07. The Hall–Kier alpha value is 0.650. The normalized spacial score (nSPS) is 18.3. The van der Waals surface area contributed by atoms with Crippen molar-refractivity contribution in [3.8, 4) is 0 Å². The van der Waals surface area contributed by atoms with Crippen LogP contribution in [0.3, 0.4) is 0 Å². The van der Waals surface area contributed by atoms with Gasteiger partial charge in [-0.2, -0.15) is 0 Å². The van der Waals surface area contributed by atoms with E-state index in [0.29, 0.717) is 0 Å². The van der Waals surface area contributed by atoms with E-state index in [1.54, 1.807) is 13.8 Å². The third-order valence-corrected chi connectivity index (χ3v) is 4.34. The van der Waals surface area contributed by atoms with Crippen LogP contribution < -0.4 is 0 Å². The Morgan fingerprint density at radius 3 is 2.28 bits per heavy atom. The molecule has 0 aromatic carbocycles. The standard InChI is InChI=1S/C10H21Cl2O5P/c1-9(11)7-17-18(14,8-10(2)12)16-6-5-15-4-3-13/h9-10,13H,3-8H2,1-2H3. The summed E-state index contributed by atoms with van der Waals surface area (Å²) in [5.41, 5.74) is 0. The summed E-state index contributed by atoms with van der Waals surface area (Å²) in [7, 11) is -3.24. The largest absolute Gasteiger partial charge is 0.394 e. The van der Waals surface area contributed by atoms with Gasteiger partial charge >= 0.3 is 7.60 Å². The number of hydrogen-bond acceptors (Lipinski definition) is 5. The second-order valence-electron chi connectivity index (χ2n) is 3.82. The predicted octanol–water partition coefficient (Wildman–Crippen LogP) is 2.48. The Balaban J connectivity index is 4.08. The van der Waals surface area contributed by atoms with Crippen molar-refractivity contribution >= 4 is 30.8 Å². The van der Waals surface area contributed by atoms with Crippen LogP contribution in [-0.4, -0.2) is 55.1 Å². The van der Waals surface area contributed by atoms with Gasteiger partial charge in [0.25, 0.3) is 0 Å². The number of hydrogen-bond donors (Lipinski definition) is 1. The number of aliphatic hydroxyl groups is 1. The molecule has 8 heteroatoms. The molecule has 0 rings (SSSR count). The molecule has 0 aliphatic carbocycles. The molecule has 0 amide bonds. The maximum atomic E-state index is 12.3. The zero-order valence-electron chi connectivity index (χ0n) is 10.7. The number of aliphatic hydroxyl groups excluding tert-OH is 1. The van der Waals surface area contributed by atoms with Crippen LogP contribution in [0.4, 0.5) is 0 Å². The molecule has 0 saturated carbocycles. The summed E-state index contributed by atoms with van der Waals surface area (Å²) < 4.78 is 27.7. The molecule has 0 bridgehead atoms. The Kier molecular flexibility index (Phi) is 10.8. The lowest BCUT2D eigenvalue weighted by atomic mass is 10.5. The molecule has 0 aliphatic rings. The summed E-state index contributed by atoms with van der Waals surface area (Å²) in [5.74, 6) is 0. The van der Waals surface area contributed by atoms with Crippen LogP contribution in [0.2, 0.25) is 0 Å². The van der Waals surface area contributed by atoms with E-state index in [4.69, 9.17) is 42.1 Å². The molecule has 18 heavy (non-hydrogen) atoms. The Morgan fingerprint density at radius 2 is 1.78 bits per heavy atom. The number of alkyl halides is 2. The van der Waals surface area contributed by atoms with Crippen molar-refractivity contribution in [1.82, 2.24) is 0 Å². The Labute approximate surface area is 118 Å². The zero-order valence-corrected chi connectivity index (χ0v) is 13.1. The predicted molar refractivity (Wildman–Crippen MR) is 72.9 cm³/mol.